The van der Waals surface area contributed by atoms with Crippen molar-refractivity contribution in [3.8, 4) is 0 Å². The second-order valence-corrected chi connectivity index (χ2v) is 5.88. The number of benzene rings is 1. The standard InChI is InChI=1S/C8H5IN2O4S/c9-4-1-2-6-5(3-4)10-7(8(12)13)11-16(6,14)15/h1-3H,(H,10,11)(H,12,13). The van der Waals surface area contributed by atoms with E-state index in [1.165, 1.54) is 12.1 Å². The molecule has 1 aliphatic heterocycles. The highest BCUT2D eigenvalue weighted by Crippen LogP contribution is 2.29. The van der Waals surface area contributed by atoms with Crippen molar-refractivity contribution in [2.75, 3.05) is 0 Å². The van der Waals surface area contributed by atoms with Crippen LogP contribution in [0.2, 0.25) is 0 Å². The molecule has 0 radical (unpaired) electrons. The number of amidine groups is 1. The summed E-state index contributed by atoms with van der Waals surface area (Å²) in [5, 5.41) is 8.71. The molecule has 1 heterocycles. The van der Waals surface area contributed by atoms with Gasteiger partial charge in [0.1, 0.15) is 4.90 Å². The molecule has 0 saturated carbocycles. The number of aliphatic carboxylic acids is 1. The maximum absolute atomic E-state index is 11.6. The van der Waals surface area contributed by atoms with Gasteiger partial charge in [-0.05, 0) is 40.8 Å². The number of hydrogen-bond donors (Lipinski definition) is 2. The molecule has 0 atom stereocenters. The first-order valence-electron chi connectivity index (χ1n) is 4.04. The van der Waals surface area contributed by atoms with Gasteiger partial charge >= 0.3 is 5.97 Å². The Morgan fingerprint density at radius 1 is 1.44 bits per heavy atom. The maximum Gasteiger partial charge on any atom is 0.372 e. The van der Waals surface area contributed by atoms with Gasteiger partial charge < -0.3 is 5.11 Å². The minimum atomic E-state index is -3.82. The fraction of sp³-hybridized carbons (Fsp3) is 0. The third kappa shape index (κ3) is 1.89. The average molecular weight is 352 g/mol. The van der Waals surface area contributed by atoms with Crippen molar-refractivity contribution in [3.63, 3.8) is 0 Å². The molecule has 0 aromatic heterocycles. The lowest BCUT2D eigenvalue weighted by molar-refractivity contribution is -0.129. The van der Waals surface area contributed by atoms with E-state index in [0.717, 1.165) is 3.57 Å². The number of nitrogens with zero attached hydrogens (tertiary/aromatic N) is 1. The molecule has 1 aromatic carbocycles. The molecule has 16 heavy (non-hydrogen) atoms. The normalized spacial score (nSPS) is 16.9. The van der Waals surface area contributed by atoms with Crippen molar-refractivity contribution in [1.29, 1.82) is 0 Å². The molecule has 1 aliphatic rings. The summed E-state index contributed by atoms with van der Waals surface area (Å²) < 4.78 is 26.0. The summed E-state index contributed by atoms with van der Waals surface area (Å²) >= 11 is 1.99. The van der Waals surface area contributed by atoms with Gasteiger partial charge in [0.2, 0.25) is 5.84 Å². The van der Waals surface area contributed by atoms with E-state index in [9.17, 15) is 13.2 Å². The van der Waals surface area contributed by atoms with Crippen LogP contribution >= 0.6 is 22.6 Å². The minimum Gasteiger partial charge on any atom is -0.475 e. The van der Waals surface area contributed by atoms with Crippen molar-refractivity contribution < 1.29 is 18.3 Å². The summed E-state index contributed by atoms with van der Waals surface area (Å²) in [6, 6.07) is 4.51. The molecule has 8 heteroatoms. The Balaban J connectivity index is 2.71. The number of nitrogens with one attached hydrogen (secondary N) is 1. The first-order valence-corrected chi connectivity index (χ1v) is 6.61. The zero-order chi connectivity index (χ0) is 11.9. The summed E-state index contributed by atoms with van der Waals surface area (Å²) in [4.78, 5) is 14.4. The van der Waals surface area contributed by atoms with Crippen LogP contribution in [0.1, 0.15) is 0 Å². The molecule has 0 bridgehead atoms. The lowest BCUT2D eigenvalue weighted by Gasteiger charge is -2.15. The van der Waals surface area contributed by atoms with E-state index in [0.29, 0.717) is 0 Å². The predicted molar refractivity (Wildman–Crippen MR) is 64.2 cm³/mol. The number of carboxylic acids is 1. The average Bonchev–Trinajstić information content (AvgIpc) is 2.15. The second kappa shape index (κ2) is 3.70. The highest BCUT2D eigenvalue weighted by molar-refractivity contribution is 14.1. The van der Waals surface area contributed by atoms with Crippen LogP contribution in [0.4, 0.5) is 5.69 Å². The molecule has 0 unspecified atom stereocenters. The fourth-order valence-electron chi connectivity index (χ4n) is 1.22. The van der Waals surface area contributed by atoms with Crippen LogP contribution in [0.3, 0.4) is 0 Å². The van der Waals surface area contributed by atoms with E-state index in [1.54, 1.807) is 6.07 Å². The lowest BCUT2D eigenvalue weighted by Crippen LogP contribution is -2.38. The third-order valence-corrected chi connectivity index (χ3v) is 3.93. The summed E-state index contributed by atoms with van der Waals surface area (Å²) in [5.41, 5.74) is 0.142. The van der Waals surface area contributed by atoms with E-state index in [1.807, 2.05) is 27.3 Å². The molecular formula is C8H5IN2O4S. The Hall–Kier alpha value is -1.16. The maximum atomic E-state index is 11.6. The Kier molecular flexibility index (Phi) is 2.62. The van der Waals surface area contributed by atoms with Crippen molar-refractivity contribution in [2.45, 2.75) is 4.90 Å². The van der Waals surface area contributed by atoms with Crippen molar-refractivity contribution >= 4 is 50.1 Å². The van der Waals surface area contributed by atoms with Crippen LogP contribution in [0, 0.1) is 3.57 Å². The van der Waals surface area contributed by atoms with E-state index < -0.39 is 21.8 Å². The van der Waals surface area contributed by atoms with Gasteiger partial charge in [0, 0.05) is 3.57 Å². The van der Waals surface area contributed by atoms with Crippen LogP contribution in [-0.2, 0) is 14.8 Å². The second-order valence-electron chi connectivity index (χ2n) is 2.98. The molecule has 0 aliphatic carbocycles. The van der Waals surface area contributed by atoms with E-state index in [4.69, 9.17) is 5.11 Å². The van der Waals surface area contributed by atoms with Gasteiger partial charge in [-0.25, -0.2) is 18.2 Å². The highest BCUT2D eigenvalue weighted by Gasteiger charge is 2.28. The zero-order valence-corrected chi connectivity index (χ0v) is 10.6. The largest absolute Gasteiger partial charge is 0.475 e. The Bertz CT molecular complexity index is 608. The van der Waals surface area contributed by atoms with Crippen LogP contribution in [0.15, 0.2) is 28.1 Å². The van der Waals surface area contributed by atoms with Crippen LogP contribution < -0.4 is 4.72 Å². The SMILES string of the molecule is O=C(O)C1=Nc2cc(I)ccc2S(=O)(=O)N1. The van der Waals surface area contributed by atoms with Crippen molar-refractivity contribution in [2.24, 2.45) is 4.99 Å². The number of halogens is 1. The molecule has 0 spiro atoms. The summed E-state index contributed by atoms with van der Waals surface area (Å²) in [7, 11) is -3.82. The van der Waals surface area contributed by atoms with Gasteiger partial charge in [0.15, 0.2) is 0 Å². The zero-order valence-electron chi connectivity index (χ0n) is 7.64. The Morgan fingerprint density at radius 2 is 2.12 bits per heavy atom. The summed E-state index contributed by atoms with van der Waals surface area (Å²) in [6.45, 7) is 0. The molecule has 1 aromatic rings. The molecule has 2 N–H and O–H groups in total. The van der Waals surface area contributed by atoms with Gasteiger partial charge in [-0.3, -0.25) is 4.72 Å². The first kappa shape index (κ1) is 11.3. The van der Waals surface area contributed by atoms with Gasteiger partial charge in [-0.1, -0.05) is 0 Å². The topological polar surface area (TPSA) is 95.8 Å². The monoisotopic (exact) mass is 352 g/mol. The van der Waals surface area contributed by atoms with E-state index >= 15 is 0 Å². The first-order chi connectivity index (χ1) is 7.40. The lowest BCUT2D eigenvalue weighted by atomic mass is 10.3. The molecule has 6 nitrogen and oxygen atoms in total. The smallest absolute Gasteiger partial charge is 0.372 e. The van der Waals surface area contributed by atoms with Gasteiger partial charge in [0.05, 0.1) is 5.69 Å². The van der Waals surface area contributed by atoms with Crippen LogP contribution in [-0.4, -0.2) is 25.3 Å². The third-order valence-electron chi connectivity index (χ3n) is 1.88. The van der Waals surface area contributed by atoms with Crippen molar-refractivity contribution in [1.82, 2.24) is 4.72 Å². The fourth-order valence-corrected chi connectivity index (χ4v) is 2.82. The van der Waals surface area contributed by atoms with E-state index in [-0.39, 0.29) is 10.6 Å². The number of rotatable bonds is 1. The predicted octanol–water partition coefficient (Wildman–Crippen LogP) is 0.698. The molecule has 0 amide bonds. The molecule has 84 valence electrons. The van der Waals surface area contributed by atoms with E-state index in [2.05, 4.69) is 4.99 Å². The molecule has 0 fully saturated rings. The van der Waals surface area contributed by atoms with Crippen LogP contribution in [0.5, 0.6) is 0 Å². The Morgan fingerprint density at radius 3 is 2.75 bits per heavy atom. The van der Waals surface area contributed by atoms with Crippen molar-refractivity contribution in [3.05, 3.63) is 21.8 Å². The number of carbonyl (C=O) groups is 1. The van der Waals surface area contributed by atoms with Gasteiger partial charge in [0.25, 0.3) is 10.0 Å². The Labute approximate surface area is 105 Å². The van der Waals surface area contributed by atoms with Gasteiger partial charge in [-0.2, -0.15) is 0 Å². The minimum absolute atomic E-state index is 0.0158. The molecule has 0 saturated heterocycles. The molecular weight excluding hydrogens is 347 g/mol. The number of fused-ring (bicyclic) bond motifs is 1. The molecule has 2 rings (SSSR count). The summed E-state index contributed by atoms with van der Waals surface area (Å²) in [5.74, 6) is -2.00. The number of sulfonamides is 1. The van der Waals surface area contributed by atoms with Gasteiger partial charge in [-0.15, -0.1) is 0 Å². The highest BCUT2D eigenvalue weighted by atomic mass is 127. The number of aliphatic imine (C=N–C) groups is 1. The quantitative estimate of drug-likeness (QED) is 0.728. The number of hydrogen-bond acceptors (Lipinski definition) is 4. The summed E-state index contributed by atoms with van der Waals surface area (Å²) in [6.07, 6.45) is 0. The number of carboxylic acid groups (broad SMARTS) is 1. The van der Waals surface area contributed by atoms with Crippen LogP contribution in [0.25, 0.3) is 0 Å².